The summed E-state index contributed by atoms with van der Waals surface area (Å²) in [5.41, 5.74) is 3.30. The molecule has 1 atom stereocenters. The number of urea groups is 1. The lowest BCUT2D eigenvalue weighted by Crippen LogP contribution is -2.54. The van der Waals surface area contributed by atoms with Gasteiger partial charge in [0.05, 0.1) is 19.2 Å². The number of amides is 3. The standard InChI is InChI=1S/C29H32N4O3/c1-36-26-14-8-13-25(20-26)33-21-24(19-27(33)34)30-29(35)32-17-15-31(16-18-32)28(22-9-4-2-5-10-22)23-11-6-3-7-12-23/h2-14,20,24,28H,15-19,21H2,1H3,(H,30,35). The minimum atomic E-state index is -0.212. The first-order valence-electron chi connectivity index (χ1n) is 12.5. The van der Waals surface area contributed by atoms with Crippen molar-refractivity contribution in [1.29, 1.82) is 0 Å². The van der Waals surface area contributed by atoms with Gasteiger partial charge in [-0.2, -0.15) is 0 Å². The van der Waals surface area contributed by atoms with Crippen molar-refractivity contribution in [3.8, 4) is 5.75 Å². The van der Waals surface area contributed by atoms with Crippen molar-refractivity contribution < 1.29 is 14.3 Å². The van der Waals surface area contributed by atoms with Gasteiger partial charge in [0.1, 0.15) is 5.75 Å². The molecular weight excluding hydrogens is 452 g/mol. The zero-order valence-electron chi connectivity index (χ0n) is 20.5. The van der Waals surface area contributed by atoms with Gasteiger partial charge < -0.3 is 19.9 Å². The Morgan fingerprint density at radius 3 is 2.14 bits per heavy atom. The molecule has 2 fully saturated rings. The van der Waals surface area contributed by atoms with E-state index in [1.807, 2.05) is 41.3 Å². The van der Waals surface area contributed by atoms with Crippen LogP contribution >= 0.6 is 0 Å². The number of benzene rings is 3. The van der Waals surface area contributed by atoms with Gasteiger partial charge in [-0.1, -0.05) is 66.7 Å². The Morgan fingerprint density at radius 1 is 0.889 bits per heavy atom. The molecule has 36 heavy (non-hydrogen) atoms. The van der Waals surface area contributed by atoms with Crippen LogP contribution in [0.4, 0.5) is 10.5 Å². The van der Waals surface area contributed by atoms with Gasteiger partial charge in [-0.3, -0.25) is 9.69 Å². The number of methoxy groups -OCH3 is 1. The molecule has 3 aromatic carbocycles. The number of piperazine rings is 1. The maximum Gasteiger partial charge on any atom is 0.317 e. The lowest BCUT2D eigenvalue weighted by atomic mass is 9.96. The third kappa shape index (κ3) is 5.21. The van der Waals surface area contributed by atoms with Gasteiger partial charge in [0, 0.05) is 50.9 Å². The number of hydrogen-bond donors (Lipinski definition) is 1. The molecule has 2 aliphatic rings. The topological polar surface area (TPSA) is 65.1 Å². The third-order valence-electron chi connectivity index (χ3n) is 7.01. The predicted octanol–water partition coefficient (Wildman–Crippen LogP) is 3.92. The lowest BCUT2D eigenvalue weighted by Gasteiger charge is -2.40. The first-order valence-corrected chi connectivity index (χ1v) is 12.5. The molecule has 3 amide bonds. The van der Waals surface area contributed by atoms with E-state index in [-0.39, 0.29) is 24.0 Å². The van der Waals surface area contributed by atoms with Gasteiger partial charge in [-0.25, -0.2) is 4.79 Å². The Morgan fingerprint density at radius 2 is 1.53 bits per heavy atom. The van der Waals surface area contributed by atoms with Crippen molar-refractivity contribution >= 4 is 17.6 Å². The molecule has 186 valence electrons. The zero-order chi connectivity index (χ0) is 24.9. The monoisotopic (exact) mass is 484 g/mol. The molecule has 0 saturated carbocycles. The second kappa shape index (κ2) is 10.8. The van der Waals surface area contributed by atoms with E-state index >= 15 is 0 Å². The summed E-state index contributed by atoms with van der Waals surface area (Å²) in [5.74, 6) is 0.710. The second-order valence-corrected chi connectivity index (χ2v) is 9.30. The van der Waals surface area contributed by atoms with E-state index in [1.165, 1.54) is 11.1 Å². The molecule has 7 nitrogen and oxygen atoms in total. The summed E-state index contributed by atoms with van der Waals surface area (Å²) in [6.07, 6.45) is 0.299. The van der Waals surface area contributed by atoms with Crippen LogP contribution in [0.2, 0.25) is 0 Å². The number of hydrogen-bond acceptors (Lipinski definition) is 4. The summed E-state index contributed by atoms with van der Waals surface area (Å²) in [4.78, 5) is 31.7. The second-order valence-electron chi connectivity index (χ2n) is 9.30. The van der Waals surface area contributed by atoms with Gasteiger partial charge in [0.15, 0.2) is 0 Å². The number of ether oxygens (including phenoxy) is 1. The van der Waals surface area contributed by atoms with Gasteiger partial charge in [0.2, 0.25) is 5.91 Å². The van der Waals surface area contributed by atoms with Crippen LogP contribution in [-0.4, -0.2) is 67.6 Å². The van der Waals surface area contributed by atoms with Crippen molar-refractivity contribution in [2.75, 3.05) is 44.7 Å². The van der Waals surface area contributed by atoms with Crippen LogP contribution in [-0.2, 0) is 4.79 Å². The average Bonchev–Trinajstić information content (AvgIpc) is 3.30. The van der Waals surface area contributed by atoms with E-state index in [4.69, 9.17) is 4.74 Å². The number of rotatable bonds is 6. The van der Waals surface area contributed by atoms with Crippen LogP contribution in [0.3, 0.4) is 0 Å². The first-order chi connectivity index (χ1) is 17.6. The maximum absolute atomic E-state index is 13.1. The third-order valence-corrected chi connectivity index (χ3v) is 7.01. The summed E-state index contributed by atoms with van der Waals surface area (Å²) >= 11 is 0. The minimum absolute atomic E-state index is 0.00642. The molecule has 7 heteroatoms. The van der Waals surface area contributed by atoms with Crippen LogP contribution in [0, 0.1) is 0 Å². The molecule has 0 bridgehead atoms. The molecular formula is C29H32N4O3. The van der Waals surface area contributed by atoms with E-state index in [1.54, 1.807) is 12.0 Å². The Balaban J connectivity index is 1.19. The van der Waals surface area contributed by atoms with Gasteiger partial charge in [-0.15, -0.1) is 0 Å². The summed E-state index contributed by atoms with van der Waals surface area (Å²) in [7, 11) is 1.61. The molecule has 2 saturated heterocycles. The van der Waals surface area contributed by atoms with Crippen LogP contribution in [0.15, 0.2) is 84.9 Å². The van der Waals surface area contributed by atoms with Gasteiger partial charge >= 0.3 is 6.03 Å². The molecule has 5 rings (SSSR count). The zero-order valence-corrected chi connectivity index (χ0v) is 20.5. The number of nitrogens with one attached hydrogen (secondary N) is 1. The highest BCUT2D eigenvalue weighted by Gasteiger charge is 2.34. The van der Waals surface area contributed by atoms with Crippen LogP contribution < -0.4 is 15.0 Å². The fourth-order valence-electron chi connectivity index (χ4n) is 5.17. The van der Waals surface area contributed by atoms with Crippen LogP contribution in [0.25, 0.3) is 0 Å². The van der Waals surface area contributed by atoms with Crippen LogP contribution in [0.1, 0.15) is 23.6 Å². The van der Waals surface area contributed by atoms with E-state index in [0.717, 1.165) is 18.8 Å². The smallest absolute Gasteiger partial charge is 0.317 e. The summed E-state index contributed by atoms with van der Waals surface area (Å²) in [6.45, 7) is 3.30. The van der Waals surface area contributed by atoms with Crippen LogP contribution in [0.5, 0.6) is 5.75 Å². The van der Waals surface area contributed by atoms with Crippen molar-refractivity contribution in [3.63, 3.8) is 0 Å². The van der Waals surface area contributed by atoms with Crippen molar-refractivity contribution in [2.45, 2.75) is 18.5 Å². The number of nitrogens with zero attached hydrogens (tertiary/aromatic N) is 3. The van der Waals surface area contributed by atoms with E-state index in [2.05, 4.69) is 58.7 Å². The Labute approximate surface area is 212 Å². The molecule has 0 radical (unpaired) electrons. The molecule has 1 N–H and O–H groups in total. The molecule has 2 aliphatic heterocycles. The molecule has 2 heterocycles. The van der Waals surface area contributed by atoms with Crippen molar-refractivity contribution in [1.82, 2.24) is 15.1 Å². The fraction of sp³-hybridized carbons (Fsp3) is 0.310. The highest BCUT2D eigenvalue weighted by Crippen LogP contribution is 2.30. The molecule has 0 aromatic heterocycles. The van der Waals surface area contributed by atoms with Gasteiger partial charge in [-0.05, 0) is 23.3 Å². The van der Waals surface area contributed by atoms with E-state index < -0.39 is 0 Å². The number of carbonyl (C=O) groups is 2. The fourth-order valence-corrected chi connectivity index (χ4v) is 5.17. The summed E-state index contributed by atoms with van der Waals surface area (Å²) < 4.78 is 5.28. The van der Waals surface area contributed by atoms with Crippen molar-refractivity contribution in [3.05, 3.63) is 96.1 Å². The Bertz CT molecular complexity index is 1140. The minimum Gasteiger partial charge on any atom is -0.497 e. The quantitative estimate of drug-likeness (QED) is 0.576. The molecule has 0 aliphatic carbocycles. The van der Waals surface area contributed by atoms with E-state index in [9.17, 15) is 9.59 Å². The summed E-state index contributed by atoms with van der Waals surface area (Å²) in [6, 6.07) is 28.3. The van der Waals surface area contributed by atoms with Gasteiger partial charge in [0.25, 0.3) is 0 Å². The van der Waals surface area contributed by atoms with Crippen molar-refractivity contribution in [2.24, 2.45) is 0 Å². The Hall–Kier alpha value is -3.84. The molecule has 1 unspecified atom stereocenters. The Kier molecular flexibility index (Phi) is 7.18. The number of carbonyl (C=O) groups excluding carboxylic acids is 2. The molecule has 0 spiro atoms. The SMILES string of the molecule is COc1cccc(N2CC(NC(=O)N3CCN(C(c4ccccc4)c4ccccc4)CC3)CC2=O)c1. The average molecular weight is 485 g/mol. The lowest BCUT2D eigenvalue weighted by molar-refractivity contribution is -0.117. The normalized spacial score (nSPS) is 18.5. The largest absolute Gasteiger partial charge is 0.497 e. The number of anilines is 1. The van der Waals surface area contributed by atoms with E-state index in [0.29, 0.717) is 31.8 Å². The highest BCUT2D eigenvalue weighted by molar-refractivity contribution is 5.97. The predicted molar refractivity (Wildman–Crippen MR) is 140 cm³/mol. The highest BCUT2D eigenvalue weighted by atomic mass is 16.5. The maximum atomic E-state index is 13.1. The first kappa shape index (κ1) is 23.9. The molecule has 3 aromatic rings. The summed E-state index contributed by atoms with van der Waals surface area (Å²) in [5, 5.41) is 3.09.